The molecular formula is C29H33N5O4. The molecule has 9 nitrogen and oxygen atoms in total. The van der Waals surface area contributed by atoms with Gasteiger partial charge in [-0.25, -0.2) is 14.4 Å². The summed E-state index contributed by atoms with van der Waals surface area (Å²) in [7, 11) is 0. The first-order chi connectivity index (χ1) is 18.1. The Kier molecular flexibility index (Phi) is 7.74. The predicted octanol–water partition coefficient (Wildman–Crippen LogP) is 4.38. The Bertz CT molecular complexity index is 1410. The zero-order valence-electron chi connectivity index (χ0n) is 22.4. The van der Waals surface area contributed by atoms with E-state index in [-0.39, 0.29) is 24.2 Å². The standard InChI is InChI=1S/C29H33N5O4/c1-17(2)34-27(33-28(37)38-34)29(14-18(3)30)25-10-8-21(19(4)31-15-35)12-23(25)6-7-24-13-22(9-11-26(24)29)20(5)32-16-36/h8-13,17-20H,6-7,14,30H2,1-5H3/t18-,19?,20?,29?/m0/s1. The Morgan fingerprint density at radius 1 is 0.947 bits per heavy atom. The molecule has 0 saturated heterocycles. The van der Waals surface area contributed by atoms with Gasteiger partial charge in [0.05, 0.1) is 23.5 Å². The topological polar surface area (TPSA) is 133 Å². The molecule has 0 saturated carbocycles. The molecule has 3 aromatic rings. The molecule has 1 aliphatic carbocycles. The van der Waals surface area contributed by atoms with Crippen molar-refractivity contribution in [3.05, 3.63) is 86.2 Å². The highest BCUT2D eigenvalue weighted by atomic mass is 16.5. The molecule has 0 radical (unpaired) electrons. The molecule has 2 N–H and O–H groups in total. The number of fused-ring (bicyclic) bond motifs is 2. The van der Waals surface area contributed by atoms with Crippen LogP contribution in [0.3, 0.4) is 0 Å². The van der Waals surface area contributed by atoms with E-state index in [1.165, 1.54) is 0 Å². The second kappa shape index (κ2) is 10.8. The molecule has 0 spiro atoms. The second-order valence-corrected chi connectivity index (χ2v) is 10.4. The van der Waals surface area contributed by atoms with Gasteiger partial charge >= 0.3 is 5.76 Å². The van der Waals surface area contributed by atoms with Crippen molar-refractivity contribution in [1.82, 2.24) is 9.72 Å². The van der Waals surface area contributed by atoms with E-state index in [2.05, 4.69) is 27.1 Å². The minimum absolute atomic E-state index is 0.164. The van der Waals surface area contributed by atoms with Gasteiger partial charge in [0.2, 0.25) is 12.2 Å². The lowest BCUT2D eigenvalue weighted by Crippen LogP contribution is -2.39. The number of hydrogen-bond acceptors (Lipinski definition) is 8. The van der Waals surface area contributed by atoms with Crippen molar-refractivity contribution in [2.24, 2.45) is 15.7 Å². The number of aliphatic imine (C=N–C) groups is 2. The van der Waals surface area contributed by atoms with Crippen LogP contribution >= 0.6 is 0 Å². The van der Waals surface area contributed by atoms with Crippen LogP contribution in [0.5, 0.6) is 0 Å². The van der Waals surface area contributed by atoms with Crippen molar-refractivity contribution in [2.45, 2.75) is 83.5 Å². The summed E-state index contributed by atoms with van der Waals surface area (Å²) >= 11 is 0. The molecule has 9 heteroatoms. The monoisotopic (exact) mass is 515 g/mol. The first-order valence-corrected chi connectivity index (χ1v) is 12.9. The summed E-state index contributed by atoms with van der Waals surface area (Å²) in [5.74, 6) is -0.168. The molecule has 3 atom stereocenters. The van der Waals surface area contributed by atoms with Gasteiger partial charge in [0.1, 0.15) is 0 Å². The zero-order chi connectivity index (χ0) is 27.6. The number of aromatic nitrogens is 2. The molecule has 198 valence electrons. The third kappa shape index (κ3) is 4.84. The third-order valence-corrected chi connectivity index (χ3v) is 7.36. The van der Waals surface area contributed by atoms with Crippen LogP contribution in [0.15, 0.2) is 55.7 Å². The van der Waals surface area contributed by atoms with Crippen LogP contribution in [0.25, 0.3) is 0 Å². The van der Waals surface area contributed by atoms with Crippen LogP contribution in [0.2, 0.25) is 0 Å². The number of benzene rings is 2. The molecule has 0 fully saturated rings. The van der Waals surface area contributed by atoms with Gasteiger partial charge in [-0.1, -0.05) is 36.4 Å². The van der Waals surface area contributed by atoms with Gasteiger partial charge < -0.3 is 10.3 Å². The van der Waals surface area contributed by atoms with E-state index in [0.717, 1.165) is 33.4 Å². The fourth-order valence-electron chi connectivity index (χ4n) is 5.67. The zero-order valence-corrected chi connectivity index (χ0v) is 22.4. The average molecular weight is 516 g/mol. The summed E-state index contributed by atoms with van der Waals surface area (Å²) in [4.78, 5) is 46.7. The van der Waals surface area contributed by atoms with Crippen LogP contribution in [0.1, 0.15) is 98.4 Å². The number of rotatable bonds is 8. The Labute approximate surface area is 221 Å². The molecule has 0 amide bonds. The van der Waals surface area contributed by atoms with E-state index in [9.17, 15) is 14.4 Å². The summed E-state index contributed by atoms with van der Waals surface area (Å²) in [6.45, 7) is 9.52. The molecule has 1 aliphatic rings. The lowest BCUT2D eigenvalue weighted by atomic mass is 9.67. The van der Waals surface area contributed by atoms with Crippen molar-refractivity contribution >= 4 is 12.2 Å². The van der Waals surface area contributed by atoms with Crippen LogP contribution in [0, 0.1) is 0 Å². The highest BCUT2D eigenvalue weighted by Crippen LogP contribution is 2.48. The lowest BCUT2D eigenvalue weighted by molar-refractivity contribution is 0.206. The normalized spacial score (nSPS) is 18.8. The van der Waals surface area contributed by atoms with E-state index < -0.39 is 11.2 Å². The molecule has 38 heavy (non-hydrogen) atoms. The fourth-order valence-corrected chi connectivity index (χ4v) is 5.67. The van der Waals surface area contributed by atoms with Crippen LogP contribution in [0.4, 0.5) is 0 Å². The quantitative estimate of drug-likeness (QED) is 0.350. The van der Waals surface area contributed by atoms with Crippen molar-refractivity contribution in [2.75, 3.05) is 0 Å². The van der Waals surface area contributed by atoms with Gasteiger partial charge in [-0.2, -0.15) is 19.7 Å². The van der Waals surface area contributed by atoms with E-state index in [1.54, 1.807) is 16.9 Å². The number of aryl methyl sites for hydroxylation is 2. The number of nitrogens with two attached hydrogens (primary N) is 1. The first kappa shape index (κ1) is 27.1. The van der Waals surface area contributed by atoms with Gasteiger partial charge in [-0.3, -0.25) is 0 Å². The molecule has 1 heterocycles. The third-order valence-electron chi connectivity index (χ3n) is 7.36. The maximum Gasteiger partial charge on any atom is 0.459 e. The van der Waals surface area contributed by atoms with Crippen molar-refractivity contribution in [3.63, 3.8) is 0 Å². The second-order valence-electron chi connectivity index (χ2n) is 10.4. The van der Waals surface area contributed by atoms with Gasteiger partial charge in [-0.05, 0) is 87.3 Å². The smallest absolute Gasteiger partial charge is 0.328 e. The highest BCUT2D eigenvalue weighted by Gasteiger charge is 2.46. The molecule has 4 rings (SSSR count). The van der Waals surface area contributed by atoms with Crippen LogP contribution in [-0.2, 0) is 27.8 Å². The SMILES string of the molecule is CC(N=C=O)c1ccc2c(c1)CCc1cc(C(C)N=C=O)ccc1C2(C[C@H](C)N)c1nc(=O)on1C(C)C. The maximum atomic E-state index is 12.6. The van der Waals surface area contributed by atoms with Crippen molar-refractivity contribution < 1.29 is 14.1 Å². The van der Waals surface area contributed by atoms with Gasteiger partial charge in [-0.15, -0.1) is 0 Å². The number of carbonyl (C=O) groups excluding carboxylic acids is 2. The number of isocyanates is 2. The summed E-state index contributed by atoms with van der Waals surface area (Å²) in [5.41, 5.74) is 11.5. The van der Waals surface area contributed by atoms with E-state index in [4.69, 9.17) is 10.3 Å². The van der Waals surface area contributed by atoms with Crippen LogP contribution in [-0.4, -0.2) is 27.9 Å². The lowest BCUT2D eigenvalue weighted by Gasteiger charge is -2.37. The Hall–Kier alpha value is -3.90. The number of nitrogens with zero attached hydrogens (tertiary/aromatic N) is 4. The van der Waals surface area contributed by atoms with Crippen LogP contribution < -0.4 is 11.5 Å². The molecule has 1 aromatic heterocycles. The first-order valence-electron chi connectivity index (χ1n) is 12.9. The van der Waals surface area contributed by atoms with Gasteiger partial charge in [0.15, 0.2) is 5.82 Å². The minimum atomic E-state index is -0.892. The van der Waals surface area contributed by atoms with E-state index >= 15 is 0 Å². The summed E-state index contributed by atoms with van der Waals surface area (Å²) < 4.78 is 7.18. The largest absolute Gasteiger partial charge is 0.459 e. The maximum absolute atomic E-state index is 12.6. The molecule has 2 aromatic carbocycles. The molecule has 0 bridgehead atoms. The highest BCUT2D eigenvalue weighted by molar-refractivity contribution is 5.57. The fraction of sp³-hybridized carbons (Fsp3) is 0.448. The molecule has 2 unspecified atom stereocenters. The summed E-state index contributed by atoms with van der Waals surface area (Å²) in [5, 5.41) is 0. The van der Waals surface area contributed by atoms with Gasteiger partial charge in [0, 0.05) is 6.04 Å². The minimum Gasteiger partial charge on any atom is -0.328 e. The van der Waals surface area contributed by atoms with Gasteiger partial charge in [0.25, 0.3) is 0 Å². The average Bonchev–Trinajstić information content (AvgIpc) is 3.22. The van der Waals surface area contributed by atoms with Crippen molar-refractivity contribution in [3.8, 4) is 0 Å². The predicted molar refractivity (Wildman–Crippen MR) is 143 cm³/mol. The number of hydrogen-bond donors (Lipinski definition) is 1. The van der Waals surface area contributed by atoms with E-state index in [1.807, 2.05) is 58.9 Å². The Morgan fingerprint density at radius 2 is 1.45 bits per heavy atom. The van der Waals surface area contributed by atoms with Crippen molar-refractivity contribution in [1.29, 1.82) is 0 Å². The summed E-state index contributed by atoms with van der Waals surface area (Å²) in [6, 6.07) is 11.0. The Balaban J connectivity index is 2.11. The summed E-state index contributed by atoms with van der Waals surface area (Å²) in [6.07, 6.45) is 5.17. The Morgan fingerprint density at radius 3 is 1.87 bits per heavy atom. The van der Waals surface area contributed by atoms with E-state index in [0.29, 0.717) is 25.1 Å². The molecular weight excluding hydrogens is 482 g/mol. The molecule has 0 aliphatic heterocycles.